The lowest BCUT2D eigenvalue weighted by atomic mass is 10.1. The third-order valence-electron chi connectivity index (χ3n) is 4.57. The van der Waals surface area contributed by atoms with Crippen molar-refractivity contribution in [3.63, 3.8) is 0 Å². The van der Waals surface area contributed by atoms with Gasteiger partial charge in [-0.1, -0.05) is 30.3 Å². The highest BCUT2D eigenvalue weighted by Crippen LogP contribution is 2.55. The van der Waals surface area contributed by atoms with Crippen LogP contribution in [0.4, 0.5) is 10.2 Å². The topological polar surface area (TPSA) is 210 Å². The molecule has 1 aliphatic heterocycles. The Morgan fingerprint density at radius 1 is 1.15 bits per heavy atom. The van der Waals surface area contributed by atoms with E-state index < -0.39 is 69.6 Å². The quantitative estimate of drug-likeness (QED) is 0.177. The van der Waals surface area contributed by atoms with Gasteiger partial charge in [-0.2, -0.15) is 4.98 Å². The minimum atomic E-state index is -4.88. The molecule has 0 radical (unpaired) electrons. The van der Waals surface area contributed by atoms with Gasteiger partial charge in [-0.05, 0) is 5.56 Å². The molecule has 0 saturated carbocycles. The fourth-order valence-electron chi connectivity index (χ4n) is 3.02. The van der Waals surface area contributed by atoms with Gasteiger partial charge >= 0.3 is 20.9 Å². The summed E-state index contributed by atoms with van der Waals surface area (Å²) in [4.78, 5) is 48.1. The van der Waals surface area contributed by atoms with E-state index in [-0.39, 0.29) is 6.61 Å². The molecule has 1 unspecified atom stereocenters. The normalized spacial score (nSPS) is 24.6. The third-order valence-corrected chi connectivity index (χ3v) is 8.03. The lowest BCUT2D eigenvalue weighted by Gasteiger charge is -2.18. The number of rotatable bonds is 10. The molecule has 6 N–H and O–H groups in total. The highest BCUT2D eigenvalue weighted by Gasteiger charge is 2.45. The van der Waals surface area contributed by atoms with Crippen molar-refractivity contribution in [1.29, 1.82) is 0 Å². The molecule has 14 nitrogen and oxygen atoms in total. The largest absolute Gasteiger partial charge is 0.387 e. The molecule has 2 aromatic rings. The van der Waals surface area contributed by atoms with Gasteiger partial charge in [0.15, 0.2) is 23.8 Å². The minimum absolute atomic E-state index is 0.0418. The van der Waals surface area contributed by atoms with Gasteiger partial charge < -0.3 is 34.2 Å². The van der Waals surface area contributed by atoms with Gasteiger partial charge in [-0.15, -0.1) is 0 Å². The van der Waals surface area contributed by atoms with Crippen molar-refractivity contribution in [2.24, 2.45) is 0 Å². The van der Waals surface area contributed by atoms with Gasteiger partial charge in [0.05, 0.1) is 19.4 Å². The van der Waals surface area contributed by atoms with Gasteiger partial charge in [-0.3, -0.25) is 18.5 Å². The lowest BCUT2D eigenvalue weighted by molar-refractivity contribution is -0.0528. The Morgan fingerprint density at radius 2 is 1.82 bits per heavy atom. The minimum Gasteiger partial charge on any atom is -0.387 e. The van der Waals surface area contributed by atoms with Crippen molar-refractivity contribution in [2.45, 2.75) is 31.1 Å². The first-order chi connectivity index (χ1) is 15.9. The average molecular weight is 525 g/mol. The van der Waals surface area contributed by atoms with Crippen LogP contribution in [0.25, 0.3) is 0 Å². The van der Waals surface area contributed by atoms with Crippen molar-refractivity contribution in [3.05, 3.63) is 58.4 Å². The summed E-state index contributed by atoms with van der Waals surface area (Å²) in [7, 11) is -9.64. The van der Waals surface area contributed by atoms with Crippen LogP contribution in [0.15, 0.2) is 41.3 Å². The van der Waals surface area contributed by atoms with Crippen LogP contribution in [0.3, 0.4) is 0 Å². The van der Waals surface area contributed by atoms with E-state index in [1.165, 1.54) is 0 Å². The summed E-state index contributed by atoms with van der Waals surface area (Å²) in [5.41, 5.74) is 1.89. The van der Waals surface area contributed by atoms with E-state index in [2.05, 4.69) is 15.0 Å². The number of nitrogens with zero attached hydrogens (tertiary/aromatic N) is 2. The van der Waals surface area contributed by atoms with Gasteiger partial charge in [0.1, 0.15) is 18.3 Å². The summed E-state index contributed by atoms with van der Waals surface area (Å²) >= 11 is 0. The van der Waals surface area contributed by atoms with Crippen molar-refractivity contribution in [3.8, 4) is 0 Å². The monoisotopic (exact) mass is 525 g/mol. The number of aliphatic hydroxyl groups excluding tert-OH is 2. The van der Waals surface area contributed by atoms with E-state index in [9.17, 15) is 33.4 Å². The van der Waals surface area contributed by atoms with Gasteiger partial charge in [-0.25, -0.2) is 14.7 Å². The first-order valence-corrected chi connectivity index (χ1v) is 13.2. The molecule has 5 atom stereocenters. The summed E-state index contributed by atoms with van der Waals surface area (Å²) in [6.45, 7) is -0.819. The Hall–Kier alpha value is -2.03. The van der Waals surface area contributed by atoms with Gasteiger partial charge in [0.2, 0.25) is 0 Å². The summed E-state index contributed by atoms with van der Waals surface area (Å²) in [5, 5.41) is 20.3. The Morgan fingerprint density at radius 3 is 2.47 bits per heavy atom. The molecule has 0 aliphatic carbocycles. The molecule has 17 heteroatoms. The number of halogens is 1. The maximum atomic E-state index is 14.5. The maximum absolute atomic E-state index is 14.5. The van der Waals surface area contributed by atoms with Crippen molar-refractivity contribution < 1.29 is 52.5 Å². The third kappa shape index (κ3) is 6.99. The lowest BCUT2D eigenvalue weighted by Crippen LogP contribution is -2.36. The summed E-state index contributed by atoms with van der Waals surface area (Å²) < 4.78 is 47.5. The number of hydrogen-bond donors (Lipinski definition) is 6. The first-order valence-electron chi connectivity index (χ1n) is 9.59. The van der Waals surface area contributed by atoms with Crippen molar-refractivity contribution in [2.75, 3.05) is 18.0 Å². The molecule has 2 heterocycles. The molecule has 3 rings (SSSR count). The molecule has 188 valence electrons. The second-order valence-corrected chi connectivity index (χ2v) is 11.3. The van der Waals surface area contributed by atoms with E-state index in [4.69, 9.17) is 19.4 Å². The van der Waals surface area contributed by atoms with E-state index >= 15 is 0 Å². The van der Waals surface area contributed by atoms with Crippen LogP contribution in [0.5, 0.6) is 0 Å². The molecule has 0 spiro atoms. The molecule has 1 aromatic heterocycles. The van der Waals surface area contributed by atoms with Crippen molar-refractivity contribution in [1.82, 2.24) is 9.55 Å². The van der Waals surface area contributed by atoms with Crippen LogP contribution in [0, 0.1) is 5.82 Å². The van der Waals surface area contributed by atoms with Crippen LogP contribution in [-0.4, -0.2) is 65.3 Å². The number of aromatic nitrogens is 2. The summed E-state index contributed by atoms with van der Waals surface area (Å²) in [6, 6.07) is 8.87. The zero-order valence-corrected chi connectivity index (χ0v) is 19.0. The van der Waals surface area contributed by atoms with E-state index in [0.717, 1.165) is 5.56 Å². The Balaban J connectivity index is 1.65. The number of aliphatic hydroxyl groups is 2. The molecule has 0 amide bonds. The van der Waals surface area contributed by atoms with Crippen LogP contribution < -0.4 is 11.2 Å². The fraction of sp³-hybridized carbons (Fsp3) is 0.412. The maximum Gasteiger partial charge on any atom is 0.351 e. The zero-order chi connectivity index (χ0) is 25.1. The first kappa shape index (κ1) is 26.6. The average Bonchev–Trinajstić information content (AvgIpc) is 3.02. The highest BCUT2D eigenvalue weighted by atomic mass is 31.2. The molecule has 34 heavy (non-hydrogen) atoms. The fourth-order valence-corrected chi connectivity index (χ4v) is 5.59. The zero-order valence-electron chi connectivity index (χ0n) is 17.2. The standard InChI is InChI=1S/C17H22FN3O11P2/c18-11-6-21(17(24)19-15(11)20-30-7-10-4-2-1-3-5-10)16-14(23)13(22)12(32-16)8-31-34(28,29)9-33(25,26)27/h1-6,12-14,16,22-23H,7-9H2,(H,28,29)(H,19,20,24)(H2,25,26,27)/t12-,13-,14-,16-/m1/s1. The number of hydrogen-bond acceptors (Lipinski definition) is 10. The molecule has 1 fully saturated rings. The SMILES string of the molecule is O=c1nc(NOCc2ccccc2)c(F)cn1[C@@H]1O[C@H](COP(=O)(O)CP(=O)(O)O)[C@@H](O)[C@H]1O. The van der Waals surface area contributed by atoms with Crippen LogP contribution in [-0.2, 0) is 29.8 Å². The second kappa shape index (κ2) is 10.7. The van der Waals surface area contributed by atoms with E-state index in [0.29, 0.717) is 10.8 Å². The van der Waals surface area contributed by atoms with Gasteiger partial charge in [0, 0.05) is 0 Å². The molecular formula is C17H22FN3O11P2. The van der Waals surface area contributed by atoms with E-state index in [1.54, 1.807) is 30.3 Å². The van der Waals surface area contributed by atoms with Crippen molar-refractivity contribution >= 4 is 21.0 Å². The summed E-state index contributed by atoms with van der Waals surface area (Å²) in [6.07, 6.45) is -6.02. The molecule has 1 aliphatic rings. The smallest absolute Gasteiger partial charge is 0.351 e. The predicted octanol–water partition coefficient (Wildman–Crippen LogP) is -0.117. The Bertz CT molecular complexity index is 1150. The molecular weight excluding hydrogens is 503 g/mol. The van der Waals surface area contributed by atoms with Crippen LogP contribution in [0.2, 0.25) is 0 Å². The Labute approximate surface area is 191 Å². The molecule has 0 bridgehead atoms. The number of anilines is 1. The van der Waals surface area contributed by atoms with E-state index in [1.807, 2.05) is 0 Å². The number of ether oxygens (including phenoxy) is 1. The molecule has 1 saturated heterocycles. The van der Waals surface area contributed by atoms with Gasteiger partial charge in [0.25, 0.3) is 0 Å². The number of benzene rings is 1. The number of nitrogens with one attached hydrogen (secondary N) is 1. The van der Waals surface area contributed by atoms with Crippen LogP contribution in [0.1, 0.15) is 11.8 Å². The summed E-state index contributed by atoms with van der Waals surface area (Å²) in [5.74, 6) is -3.06. The Kier molecular flexibility index (Phi) is 8.37. The molecule has 1 aromatic carbocycles. The highest BCUT2D eigenvalue weighted by molar-refractivity contribution is 7.70. The van der Waals surface area contributed by atoms with Crippen LogP contribution >= 0.6 is 15.2 Å². The second-order valence-electron chi connectivity index (χ2n) is 7.29. The predicted molar refractivity (Wildman–Crippen MR) is 112 cm³/mol.